The number of amides is 1. The number of imidazole rings is 1. The summed E-state index contributed by atoms with van der Waals surface area (Å²) < 4.78 is 1.88. The van der Waals surface area contributed by atoms with Crippen molar-refractivity contribution < 1.29 is 4.79 Å². The van der Waals surface area contributed by atoms with Crippen molar-refractivity contribution in [2.75, 3.05) is 11.1 Å². The molecule has 0 radical (unpaired) electrons. The molecule has 0 fully saturated rings. The van der Waals surface area contributed by atoms with E-state index in [1.54, 1.807) is 12.4 Å². The third-order valence-electron chi connectivity index (χ3n) is 3.23. The summed E-state index contributed by atoms with van der Waals surface area (Å²) in [5.74, 6) is 0.200. The van der Waals surface area contributed by atoms with Gasteiger partial charge in [0.2, 0.25) is 5.91 Å². The molecule has 2 aromatic heterocycles. The van der Waals surface area contributed by atoms with E-state index in [0.717, 1.165) is 20.6 Å². The predicted octanol–water partition coefficient (Wildman–Crippen LogP) is 3.85. The lowest BCUT2D eigenvalue weighted by Gasteiger charge is -2.02. The topological polar surface area (TPSA) is 59.8 Å². The molecule has 3 rings (SSSR count). The van der Waals surface area contributed by atoms with Gasteiger partial charge in [0.1, 0.15) is 0 Å². The number of aromatic nitrogens is 3. The van der Waals surface area contributed by atoms with Crippen molar-refractivity contribution in [2.45, 2.75) is 11.6 Å². The van der Waals surface area contributed by atoms with Crippen LogP contribution in [0.1, 0.15) is 10.4 Å². The number of halogens is 1. The maximum atomic E-state index is 12.0. The van der Waals surface area contributed by atoms with Crippen LogP contribution in [0.15, 0.2) is 48.0 Å². The van der Waals surface area contributed by atoms with E-state index >= 15 is 0 Å². The summed E-state index contributed by atoms with van der Waals surface area (Å²) in [7, 11) is 1.90. The summed E-state index contributed by atoms with van der Waals surface area (Å²) in [5.41, 5.74) is 1.05. The van der Waals surface area contributed by atoms with Gasteiger partial charge in [-0.1, -0.05) is 41.6 Å². The molecule has 0 aliphatic rings. The first kappa shape index (κ1) is 17.0. The first-order valence-electron chi connectivity index (χ1n) is 7.20. The molecule has 8 heteroatoms. The summed E-state index contributed by atoms with van der Waals surface area (Å²) in [4.78, 5) is 21.5. The van der Waals surface area contributed by atoms with Gasteiger partial charge in [0.25, 0.3) is 0 Å². The number of aryl methyl sites for hydroxylation is 1. The van der Waals surface area contributed by atoms with Gasteiger partial charge < -0.3 is 9.88 Å². The minimum atomic E-state index is -0.0957. The molecule has 0 aliphatic carbocycles. The van der Waals surface area contributed by atoms with E-state index in [1.807, 2.05) is 42.1 Å². The fourth-order valence-corrected chi connectivity index (χ4v) is 3.84. The number of hydrogen-bond donors (Lipinski definition) is 1. The zero-order chi connectivity index (χ0) is 16.9. The van der Waals surface area contributed by atoms with E-state index in [9.17, 15) is 4.79 Å². The lowest BCUT2D eigenvalue weighted by Crippen LogP contribution is -2.14. The normalized spacial score (nSPS) is 10.8. The Labute approximate surface area is 153 Å². The zero-order valence-corrected chi connectivity index (χ0v) is 15.3. The Hall–Kier alpha value is -1.83. The highest BCUT2D eigenvalue weighted by atomic mass is 35.5. The van der Waals surface area contributed by atoms with Gasteiger partial charge in [-0.05, 0) is 11.6 Å². The molecule has 0 bridgehead atoms. The van der Waals surface area contributed by atoms with E-state index in [-0.39, 0.29) is 5.91 Å². The average Bonchev–Trinajstić information content (AvgIpc) is 3.17. The Morgan fingerprint density at radius 2 is 2.21 bits per heavy atom. The fourth-order valence-electron chi connectivity index (χ4n) is 2.05. The first-order chi connectivity index (χ1) is 11.6. The van der Waals surface area contributed by atoms with Gasteiger partial charge in [-0.2, -0.15) is 0 Å². The van der Waals surface area contributed by atoms with Crippen LogP contribution in [0.25, 0.3) is 0 Å². The summed E-state index contributed by atoms with van der Waals surface area (Å²) in [5, 5.41) is 4.97. The van der Waals surface area contributed by atoms with Crippen LogP contribution in [-0.4, -0.2) is 26.2 Å². The number of benzene rings is 1. The number of carbonyl (C=O) groups excluding carboxylic acids is 1. The van der Waals surface area contributed by atoms with Gasteiger partial charge in [-0.15, -0.1) is 11.3 Å². The molecule has 0 unspecified atom stereocenters. The molecule has 5 nitrogen and oxygen atoms in total. The van der Waals surface area contributed by atoms with Crippen molar-refractivity contribution in [3.05, 3.63) is 58.3 Å². The number of nitrogens with one attached hydrogen (secondary N) is 1. The maximum absolute atomic E-state index is 12.0. The zero-order valence-electron chi connectivity index (χ0n) is 12.9. The predicted molar refractivity (Wildman–Crippen MR) is 98.9 cm³/mol. The quantitative estimate of drug-likeness (QED) is 0.662. The molecule has 0 saturated carbocycles. The Kier molecular flexibility index (Phi) is 5.55. The molecule has 0 aliphatic heterocycles. The third-order valence-corrected chi connectivity index (χ3v) is 5.57. The fraction of sp³-hybridized carbons (Fsp3) is 0.188. The number of carbonyl (C=O) groups is 1. The summed E-state index contributed by atoms with van der Waals surface area (Å²) in [6, 6.07) is 7.72. The monoisotopic (exact) mass is 378 g/mol. The number of thiazole rings is 1. The van der Waals surface area contributed by atoms with Gasteiger partial charge in [0.15, 0.2) is 10.3 Å². The van der Waals surface area contributed by atoms with Crippen molar-refractivity contribution in [2.24, 2.45) is 7.05 Å². The average molecular weight is 379 g/mol. The van der Waals surface area contributed by atoms with Gasteiger partial charge >= 0.3 is 0 Å². The molecular weight excluding hydrogens is 364 g/mol. The molecular formula is C16H15ClN4OS2. The van der Waals surface area contributed by atoms with Crippen LogP contribution in [0.3, 0.4) is 0 Å². The summed E-state index contributed by atoms with van der Waals surface area (Å²) >= 11 is 9.02. The second-order valence-corrected chi connectivity index (χ2v) is 7.52. The Morgan fingerprint density at radius 1 is 1.38 bits per heavy atom. The van der Waals surface area contributed by atoms with Crippen LogP contribution in [0.2, 0.25) is 5.02 Å². The van der Waals surface area contributed by atoms with E-state index in [2.05, 4.69) is 15.3 Å². The molecule has 0 spiro atoms. The Balaban J connectivity index is 1.55. The molecule has 2 heterocycles. The van der Waals surface area contributed by atoms with Gasteiger partial charge in [0.05, 0.1) is 5.75 Å². The molecule has 3 aromatic rings. The molecule has 0 saturated heterocycles. The van der Waals surface area contributed by atoms with Crippen LogP contribution < -0.4 is 5.32 Å². The van der Waals surface area contributed by atoms with Gasteiger partial charge in [-0.25, -0.2) is 9.97 Å². The molecule has 24 heavy (non-hydrogen) atoms. The second-order valence-electron chi connectivity index (χ2n) is 5.06. The van der Waals surface area contributed by atoms with Crippen molar-refractivity contribution in [1.29, 1.82) is 0 Å². The van der Waals surface area contributed by atoms with Gasteiger partial charge in [0, 0.05) is 42.0 Å². The van der Waals surface area contributed by atoms with Crippen LogP contribution in [0, 0.1) is 0 Å². The van der Waals surface area contributed by atoms with Crippen LogP contribution in [-0.2, 0) is 18.3 Å². The first-order valence-corrected chi connectivity index (χ1v) is 9.38. The van der Waals surface area contributed by atoms with E-state index < -0.39 is 0 Å². The van der Waals surface area contributed by atoms with Crippen LogP contribution in [0.5, 0.6) is 0 Å². The summed E-state index contributed by atoms with van der Waals surface area (Å²) in [6.07, 6.45) is 6.04. The van der Waals surface area contributed by atoms with Gasteiger partial charge in [-0.3, -0.25) is 4.79 Å². The smallest absolute Gasteiger partial charge is 0.236 e. The van der Waals surface area contributed by atoms with Crippen molar-refractivity contribution >= 4 is 45.7 Å². The SMILES string of the molecule is Cn1ccnc1SCC(=O)Nc1ncc(Cc2ccccc2Cl)s1. The highest BCUT2D eigenvalue weighted by Gasteiger charge is 2.10. The number of nitrogens with zero attached hydrogens (tertiary/aromatic N) is 3. The lowest BCUT2D eigenvalue weighted by molar-refractivity contribution is -0.113. The maximum Gasteiger partial charge on any atom is 0.236 e. The Bertz CT molecular complexity index is 846. The Morgan fingerprint density at radius 3 is 2.96 bits per heavy atom. The van der Waals surface area contributed by atoms with Crippen LogP contribution in [0.4, 0.5) is 5.13 Å². The summed E-state index contributed by atoms with van der Waals surface area (Å²) in [6.45, 7) is 0. The molecule has 124 valence electrons. The largest absolute Gasteiger partial charge is 0.329 e. The van der Waals surface area contributed by atoms with Crippen LogP contribution >= 0.6 is 34.7 Å². The number of thioether (sulfide) groups is 1. The van der Waals surface area contributed by atoms with E-state index in [4.69, 9.17) is 11.6 Å². The second kappa shape index (κ2) is 7.83. The molecule has 1 aromatic carbocycles. The van der Waals surface area contributed by atoms with Crippen molar-refractivity contribution in [3.8, 4) is 0 Å². The molecule has 1 N–H and O–H groups in total. The lowest BCUT2D eigenvalue weighted by atomic mass is 10.1. The van der Waals surface area contributed by atoms with E-state index in [0.29, 0.717) is 17.3 Å². The minimum absolute atomic E-state index is 0.0957. The molecule has 0 atom stereocenters. The molecule has 1 amide bonds. The third kappa shape index (κ3) is 4.37. The number of hydrogen-bond acceptors (Lipinski definition) is 5. The van der Waals surface area contributed by atoms with E-state index in [1.165, 1.54) is 23.1 Å². The standard InChI is InChI=1S/C16H15ClN4OS2/c1-21-7-6-18-16(21)23-10-14(22)20-15-19-9-12(24-15)8-11-4-2-3-5-13(11)17/h2-7,9H,8,10H2,1H3,(H,19,20,22). The highest BCUT2D eigenvalue weighted by molar-refractivity contribution is 7.99. The minimum Gasteiger partial charge on any atom is -0.329 e. The van der Waals surface area contributed by atoms with Crippen molar-refractivity contribution in [1.82, 2.24) is 14.5 Å². The number of rotatable bonds is 6. The number of anilines is 1. The van der Waals surface area contributed by atoms with Crippen molar-refractivity contribution in [3.63, 3.8) is 0 Å². The highest BCUT2D eigenvalue weighted by Crippen LogP contribution is 2.25.